The van der Waals surface area contributed by atoms with Crippen molar-refractivity contribution in [3.8, 4) is 0 Å². The summed E-state index contributed by atoms with van der Waals surface area (Å²) in [7, 11) is -3.31. The number of aromatic nitrogens is 2. The molecule has 1 aromatic rings. The van der Waals surface area contributed by atoms with E-state index >= 15 is 0 Å². The number of rotatable bonds is 2. The Kier molecular flexibility index (Phi) is 3.20. The fourth-order valence-electron chi connectivity index (χ4n) is 1.79. The number of nitrogens with zero attached hydrogens (tertiary/aromatic N) is 2. The predicted octanol–water partition coefficient (Wildman–Crippen LogP) is 0.311. The van der Waals surface area contributed by atoms with Crippen molar-refractivity contribution in [2.75, 3.05) is 13.1 Å². The quantitative estimate of drug-likeness (QED) is 0.807. The van der Waals surface area contributed by atoms with Crippen LogP contribution in [0.2, 0.25) is 0 Å². The Hall–Kier alpha value is -1.01. The summed E-state index contributed by atoms with van der Waals surface area (Å²) in [5, 5.41) is 10.4. The molecule has 5 nitrogen and oxygen atoms in total. The molecule has 2 heterocycles. The average Bonchev–Trinajstić information content (AvgIpc) is 2.31. The second kappa shape index (κ2) is 4.47. The zero-order valence-corrected chi connectivity index (χ0v) is 10.00. The third kappa shape index (κ3) is 2.22. The second-order valence-corrected chi connectivity index (χ2v) is 6.20. The van der Waals surface area contributed by atoms with Crippen molar-refractivity contribution in [1.29, 1.82) is 0 Å². The van der Waals surface area contributed by atoms with Crippen molar-refractivity contribution in [1.82, 2.24) is 15.5 Å². The van der Waals surface area contributed by atoms with Crippen LogP contribution in [0.15, 0.2) is 17.2 Å². The largest absolute Gasteiger partial charge is 0.315 e. The maximum Gasteiger partial charge on any atom is 0.201 e. The summed E-state index contributed by atoms with van der Waals surface area (Å²) in [6.45, 7) is 3.19. The van der Waals surface area contributed by atoms with Gasteiger partial charge in [0.05, 0.1) is 10.9 Å². The van der Waals surface area contributed by atoms with Crippen molar-refractivity contribution in [3.05, 3.63) is 17.8 Å². The van der Waals surface area contributed by atoms with E-state index < -0.39 is 9.84 Å². The van der Waals surface area contributed by atoms with E-state index in [9.17, 15) is 8.42 Å². The number of aryl methyl sites for hydroxylation is 1. The van der Waals surface area contributed by atoms with Crippen LogP contribution in [-0.2, 0) is 9.84 Å². The molecule has 16 heavy (non-hydrogen) atoms. The highest BCUT2D eigenvalue weighted by molar-refractivity contribution is 7.92. The van der Waals surface area contributed by atoms with Crippen molar-refractivity contribution < 1.29 is 8.42 Å². The van der Waals surface area contributed by atoms with E-state index in [0.717, 1.165) is 18.7 Å². The second-order valence-electron chi connectivity index (χ2n) is 4.03. The molecule has 1 aliphatic rings. The van der Waals surface area contributed by atoms with Gasteiger partial charge in [-0.15, -0.1) is 5.10 Å². The molecule has 1 aliphatic heterocycles. The normalized spacial score (nSPS) is 21.9. The lowest BCUT2D eigenvalue weighted by molar-refractivity contribution is 0.494. The first kappa shape index (κ1) is 11.5. The zero-order chi connectivity index (χ0) is 11.6. The third-order valence-electron chi connectivity index (χ3n) is 2.76. The number of sulfone groups is 1. The Morgan fingerprint density at radius 2 is 2.19 bits per heavy atom. The van der Waals surface area contributed by atoms with Crippen LogP contribution < -0.4 is 5.32 Å². The van der Waals surface area contributed by atoms with Crippen LogP contribution >= 0.6 is 0 Å². The van der Waals surface area contributed by atoms with E-state index in [-0.39, 0.29) is 10.3 Å². The van der Waals surface area contributed by atoms with E-state index in [2.05, 4.69) is 15.5 Å². The maximum absolute atomic E-state index is 12.2. The minimum Gasteiger partial charge on any atom is -0.315 e. The van der Waals surface area contributed by atoms with Gasteiger partial charge < -0.3 is 5.32 Å². The van der Waals surface area contributed by atoms with Gasteiger partial charge in [0.15, 0.2) is 5.03 Å². The van der Waals surface area contributed by atoms with Gasteiger partial charge >= 0.3 is 0 Å². The fourth-order valence-corrected chi connectivity index (χ4v) is 3.36. The van der Waals surface area contributed by atoms with Gasteiger partial charge in [0, 0.05) is 6.54 Å². The van der Waals surface area contributed by atoms with Crippen molar-refractivity contribution >= 4 is 9.84 Å². The van der Waals surface area contributed by atoms with E-state index in [0.29, 0.717) is 13.0 Å². The summed E-state index contributed by atoms with van der Waals surface area (Å²) in [6, 6.07) is 3.21. The first-order chi connectivity index (χ1) is 7.60. The third-order valence-corrected chi connectivity index (χ3v) is 4.84. The Bertz CT molecular complexity index is 449. The summed E-state index contributed by atoms with van der Waals surface area (Å²) >= 11 is 0. The van der Waals surface area contributed by atoms with Crippen molar-refractivity contribution in [2.45, 2.75) is 30.0 Å². The summed E-state index contributed by atoms with van der Waals surface area (Å²) in [4.78, 5) is 0. The van der Waals surface area contributed by atoms with Crippen molar-refractivity contribution in [3.63, 3.8) is 0 Å². The molecule has 0 aliphatic carbocycles. The molecule has 1 N–H and O–H groups in total. The first-order valence-corrected chi connectivity index (χ1v) is 6.90. The molecule has 0 saturated carbocycles. The molecule has 0 unspecified atom stereocenters. The number of hydrogen-bond acceptors (Lipinski definition) is 5. The van der Waals surface area contributed by atoms with Crippen LogP contribution in [0.25, 0.3) is 0 Å². The van der Waals surface area contributed by atoms with Gasteiger partial charge in [0.1, 0.15) is 0 Å². The van der Waals surface area contributed by atoms with Gasteiger partial charge in [-0.1, -0.05) is 0 Å². The molecule has 0 aromatic carbocycles. The monoisotopic (exact) mass is 241 g/mol. The Morgan fingerprint density at radius 3 is 2.75 bits per heavy atom. The molecule has 1 saturated heterocycles. The molecule has 0 amide bonds. The van der Waals surface area contributed by atoms with Crippen LogP contribution in [0.5, 0.6) is 0 Å². The lowest BCUT2D eigenvalue weighted by Gasteiger charge is -2.22. The van der Waals surface area contributed by atoms with Crippen LogP contribution in [-0.4, -0.2) is 37.0 Å². The van der Waals surface area contributed by atoms with Gasteiger partial charge in [-0.05, 0) is 38.4 Å². The molecule has 1 fully saturated rings. The van der Waals surface area contributed by atoms with Gasteiger partial charge in [-0.2, -0.15) is 5.10 Å². The number of nitrogens with one attached hydrogen (secondary N) is 1. The van der Waals surface area contributed by atoms with Crippen molar-refractivity contribution in [2.24, 2.45) is 0 Å². The lowest BCUT2D eigenvalue weighted by Crippen LogP contribution is -2.39. The Morgan fingerprint density at radius 1 is 1.38 bits per heavy atom. The lowest BCUT2D eigenvalue weighted by atomic mass is 10.2. The summed E-state index contributed by atoms with van der Waals surface area (Å²) in [5.41, 5.74) is 0.723. The molecular formula is C10H15N3O2S. The maximum atomic E-state index is 12.2. The molecule has 2 rings (SSSR count). The Balaban J connectivity index is 2.27. The summed E-state index contributed by atoms with van der Waals surface area (Å²) < 4.78 is 24.3. The first-order valence-electron chi connectivity index (χ1n) is 5.35. The van der Waals surface area contributed by atoms with Crippen LogP contribution in [0.3, 0.4) is 0 Å². The molecule has 0 bridgehead atoms. The predicted molar refractivity (Wildman–Crippen MR) is 59.8 cm³/mol. The van der Waals surface area contributed by atoms with E-state index in [1.807, 2.05) is 0 Å². The summed E-state index contributed by atoms with van der Waals surface area (Å²) in [6.07, 6.45) is 1.59. The van der Waals surface area contributed by atoms with Gasteiger partial charge in [0.2, 0.25) is 9.84 Å². The molecule has 0 spiro atoms. The fraction of sp³-hybridized carbons (Fsp3) is 0.600. The van der Waals surface area contributed by atoms with Gasteiger partial charge in [0.25, 0.3) is 0 Å². The summed E-state index contributed by atoms with van der Waals surface area (Å²) in [5.74, 6) is 0. The molecule has 88 valence electrons. The minimum absolute atomic E-state index is 0.0896. The van der Waals surface area contributed by atoms with E-state index in [1.165, 1.54) is 6.07 Å². The smallest absolute Gasteiger partial charge is 0.201 e. The topological polar surface area (TPSA) is 72.0 Å². The molecule has 1 atom stereocenters. The number of hydrogen-bond donors (Lipinski definition) is 1. The standard InChI is InChI=1S/C10H15N3O2S/c1-8-4-5-10(13-12-8)16(14,15)9-3-2-6-11-7-9/h4-5,9,11H,2-3,6-7H2,1H3/t9-/m1/s1. The average molecular weight is 241 g/mol. The Labute approximate surface area is 95.2 Å². The van der Waals surface area contributed by atoms with Gasteiger partial charge in [-0.25, -0.2) is 8.42 Å². The molecular weight excluding hydrogens is 226 g/mol. The minimum atomic E-state index is -3.31. The molecule has 1 aromatic heterocycles. The highest BCUT2D eigenvalue weighted by Crippen LogP contribution is 2.18. The SMILES string of the molecule is Cc1ccc(S(=O)(=O)[C@@H]2CCCNC2)nn1. The van der Waals surface area contributed by atoms with Crippen LogP contribution in [0, 0.1) is 6.92 Å². The molecule has 6 heteroatoms. The number of piperidine rings is 1. The van der Waals surface area contributed by atoms with Gasteiger partial charge in [-0.3, -0.25) is 0 Å². The van der Waals surface area contributed by atoms with Crippen LogP contribution in [0.4, 0.5) is 0 Å². The molecule has 0 radical (unpaired) electrons. The van der Waals surface area contributed by atoms with E-state index in [4.69, 9.17) is 0 Å². The zero-order valence-electron chi connectivity index (χ0n) is 9.18. The highest BCUT2D eigenvalue weighted by atomic mass is 32.2. The van der Waals surface area contributed by atoms with Crippen LogP contribution in [0.1, 0.15) is 18.5 Å². The highest BCUT2D eigenvalue weighted by Gasteiger charge is 2.30. The van der Waals surface area contributed by atoms with E-state index in [1.54, 1.807) is 13.0 Å².